The molecule has 5 aromatic carbocycles. The molecule has 0 fully saturated rings. The molecule has 27 heavy (non-hydrogen) atoms. The van der Waals surface area contributed by atoms with Crippen LogP contribution in [0.3, 0.4) is 0 Å². The van der Waals surface area contributed by atoms with Crippen molar-refractivity contribution in [3.05, 3.63) is 107 Å². The summed E-state index contributed by atoms with van der Waals surface area (Å²) in [6, 6.07) is 13.4. The Morgan fingerprint density at radius 3 is 1.37 bits per heavy atom. The zero-order valence-corrected chi connectivity index (χ0v) is 15.7. The molecular weight excluding hydrogens is 392 g/mol. The Kier molecular flexibility index (Phi) is 2.44. The minimum Gasteiger partial charge on any atom is -0.0622 e. The number of hydrogen-bond acceptors (Lipinski definition) is 0. The smallest absolute Gasteiger partial charge is 0.0622 e. The van der Waals surface area contributed by atoms with Crippen LogP contribution in [0.2, 0.25) is 0 Å². The molecule has 0 heterocycles. The van der Waals surface area contributed by atoms with Crippen molar-refractivity contribution < 1.29 is 11.0 Å². The maximum atomic E-state index is 8.82. The standard InChI is InChI=1S/C26H17Br/c27-20-16-14-19(15-17-20)26-23-12-6-4-10-21(23)25(18-8-2-1-3-9-18)22-11-5-7-13-24(22)26/h1-17H/i4D,5D,6D,7D,10D,11D,12D,13D. The van der Waals surface area contributed by atoms with Crippen molar-refractivity contribution in [2.24, 2.45) is 0 Å². The van der Waals surface area contributed by atoms with Crippen molar-refractivity contribution in [2.45, 2.75) is 0 Å². The average molecular weight is 417 g/mol. The molecule has 0 unspecified atom stereocenters. The number of hydrogen-bond donors (Lipinski definition) is 0. The molecule has 0 saturated carbocycles. The van der Waals surface area contributed by atoms with Crippen LogP contribution in [0.25, 0.3) is 43.8 Å². The van der Waals surface area contributed by atoms with Crippen molar-refractivity contribution in [2.75, 3.05) is 0 Å². The molecule has 5 aromatic rings. The van der Waals surface area contributed by atoms with Gasteiger partial charge in [0.05, 0.1) is 11.0 Å². The van der Waals surface area contributed by atoms with Gasteiger partial charge in [-0.2, -0.15) is 0 Å². The van der Waals surface area contributed by atoms with Crippen molar-refractivity contribution in [1.82, 2.24) is 0 Å². The van der Waals surface area contributed by atoms with E-state index in [9.17, 15) is 0 Å². The molecule has 0 aliphatic rings. The van der Waals surface area contributed by atoms with Gasteiger partial charge in [0.25, 0.3) is 0 Å². The molecule has 0 nitrogen and oxygen atoms in total. The summed E-state index contributed by atoms with van der Waals surface area (Å²) in [4.78, 5) is 0. The van der Waals surface area contributed by atoms with Gasteiger partial charge in [0.15, 0.2) is 0 Å². The van der Waals surface area contributed by atoms with Crippen LogP contribution >= 0.6 is 15.9 Å². The lowest BCUT2D eigenvalue weighted by Gasteiger charge is -2.17. The predicted molar refractivity (Wildman–Crippen MR) is 120 cm³/mol. The third-order valence-corrected chi connectivity index (χ3v) is 5.10. The van der Waals surface area contributed by atoms with Gasteiger partial charge in [-0.05, 0) is 55.9 Å². The fourth-order valence-electron chi connectivity index (χ4n) is 3.42. The second-order valence-electron chi connectivity index (χ2n) is 6.12. The van der Waals surface area contributed by atoms with Crippen LogP contribution in [-0.4, -0.2) is 0 Å². The van der Waals surface area contributed by atoms with Gasteiger partial charge in [0, 0.05) is 4.47 Å². The molecule has 1 heteroatoms. The van der Waals surface area contributed by atoms with Crippen LogP contribution in [0.15, 0.2) is 107 Å². The first-order valence-electron chi connectivity index (χ1n) is 12.4. The summed E-state index contributed by atoms with van der Waals surface area (Å²) in [5.41, 5.74) is 1.88. The van der Waals surface area contributed by atoms with Gasteiger partial charge in [-0.3, -0.25) is 0 Å². The highest BCUT2D eigenvalue weighted by Crippen LogP contribution is 2.43. The Balaban J connectivity index is 2.24. The largest absolute Gasteiger partial charge is 0.0629 e. The van der Waals surface area contributed by atoms with Crippen LogP contribution in [0.1, 0.15) is 11.0 Å². The monoisotopic (exact) mass is 416 g/mol. The molecule has 0 aromatic heterocycles. The van der Waals surface area contributed by atoms with Gasteiger partial charge in [0.2, 0.25) is 0 Å². The molecule has 0 atom stereocenters. The molecule has 128 valence electrons. The molecule has 0 radical (unpaired) electrons. The highest BCUT2D eigenvalue weighted by Gasteiger charge is 2.15. The van der Waals surface area contributed by atoms with E-state index >= 15 is 0 Å². The molecule has 0 saturated heterocycles. The van der Waals surface area contributed by atoms with Crippen molar-refractivity contribution in [1.29, 1.82) is 0 Å². The SMILES string of the molecule is [2H]c1c([2H])c([2H])c2c(-c3ccc(Br)cc3)c3c([2H])c([2H])c([2H])c([2H])c3c(-c3ccccc3)c2c1[2H]. The van der Waals surface area contributed by atoms with E-state index in [0.717, 1.165) is 4.47 Å². The van der Waals surface area contributed by atoms with Crippen LogP contribution in [0.5, 0.6) is 0 Å². The first-order chi connectivity index (χ1) is 16.6. The Morgan fingerprint density at radius 2 is 0.926 bits per heavy atom. The van der Waals surface area contributed by atoms with Gasteiger partial charge in [-0.25, -0.2) is 0 Å². The average Bonchev–Trinajstić information content (AvgIpc) is 2.87. The lowest BCUT2D eigenvalue weighted by molar-refractivity contribution is 1.63. The van der Waals surface area contributed by atoms with Crippen LogP contribution in [-0.2, 0) is 0 Å². The van der Waals surface area contributed by atoms with Crippen molar-refractivity contribution in [3.63, 3.8) is 0 Å². The summed E-state index contributed by atoms with van der Waals surface area (Å²) >= 11 is 3.41. The number of halogens is 1. The molecule has 0 amide bonds. The highest BCUT2D eigenvalue weighted by molar-refractivity contribution is 9.10. The maximum Gasteiger partial charge on any atom is 0.0629 e. The fraction of sp³-hybridized carbons (Fsp3) is 0. The van der Waals surface area contributed by atoms with Gasteiger partial charge < -0.3 is 0 Å². The zero-order chi connectivity index (χ0) is 25.2. The summed E-state index contributed by atoms with van der Waals surface area (Å²) in [6.45, 7) is 0. The lowest BCUT2D eigenvalue weighted by atomic mass is 9.86. The van der Waals surface area contributed by atoms with E-state index < -0.39 is 24.2 Å². The van der Waals surface area contributed by atoms with Crippen LogP contribution < -0.4 is 0 Å². The molecule has 5 rings (SSSR count). The minimum atomic E-state index is -0.403. The summed E-state index contributed by atoms with van der Waals surface area (Å²) in [5.74, 6) is 0. The van der Waals surface area contributed by atoms with E-state index in [-0.39, 0.29) is 45.7 Å². The third-order valence-electron chi connectivity index (χ3n) is 4.57. The number of benzene rings is 5. The van der Waals surface area contributed by atoms with Gasteiger partial charge in [-0.15, -0.1) is 0 Å². The van der Waals surface area contributed by atoms with Gasteiger partial charge >= 0.3 is 0 Å². The second kappa shape index (κ2) is 6.68. The molecular formula is C26H17Br. The summed E-state index contributed by atoms with van der Waals surface area (Å²) < 4.78 is 69.5. The zero-order valence-electron chi connectivity index (χ0n) is 22.1. The first kappa shape index (κ1) is 9.87. The number of rotatable bonds is 2. The van der Waals surface area contributed by atoms with Gasteiger partial charge in [-0.1, -0.05) is 107 Å². The Hall–Kier alpha value is -2.90. The quantitative estimate of drug-likeness (QED) is 0.255. The Labute approximate surface area is 178 Å². The predicted octanol–water partition coefficient (Wildman–Crippen LogP) is 8.09. The molecule has 0 N–H and O–H groups in total. The maximum absolute atomic E-state index is 8.82. The van der Waals surface area contributed by atoms with E-state index in [2.05, 4.69) is 15.9 Å². The topological polar surface area (TPSA) is 0 Å². The number of fused-ring (bicyclic) bond motifs is 2. The molecule has 0 spiro atoms. The van der Waals surface area contributed by atoms with E-state index in [1.807, 2.05) is 6.07 Å². The molecule has 0 aliphatic carbocycles. The Morgan fingerprint density at radius 1 is 0.519 bits per heavy atom. The van der Waals surface area contributed by atoms with E-state index in [0.29, 0.717) is 22.3 Å². The van der Waals surface area contributed by atoms with E-state index in [1.54, 1.807) is 48.5 Å². The third kappa shape index (κ3) is 2.75. The Bertz CT molecular complexity index is 1580. The van der Waals surface area contributed by atoms with E-state index in [1.165, 1.54) is 0 Å². The van der Waals surface area contributed by atoms with E-state index in [4.69, 9.17) is 11.0 Å². The fourth-order valence-corrected chi connectivity index (χ4v) is 3.69. The normalized spacial score (nSPS) is 15.3. The lowest BCUT2D eigenvalue weighted by Crippen LogP contribution is -1.90. The molecule has 0 aliphatic heterocycles. The van der Waals surface area contributed by atoms with Crippen LogP contribution in [0, 0.1) is 0 Å². The van der Waals surface area contributed by atoms with Crippen molar-refractivity contribution in [3.8, 4) is 22.3 Å². The minimum absolute atomic E-state index is 0.217. The summed E-state index contributed by atoms with van der Waals surface area (Å²) in [6.07, 6.45) is 0. The summed E-state index contributed by atoms with van der Waals surface area (Å²) in [7, 11) is 0. The second-order valence-corrected chi connectivity index (χ2v) is 7.04. The van der Waals surface area contributed by atoms with Crippen LogP contribution in [0.4, 0.5) is 0 Å². The highest BCUT2D eigenvalue weighted by atomic mass is 79.9. The first-order valence-corrected chi connectivity index (χ1v) is 9.21. The molecule has 0 bridgehead atoms. The van der Waals surface area contributed by atoms with Crippen molar-refractivity contribution >= 4 is 37.5 Å². The summed E-state index contributed by atoms with van der Waals surface area (Å²) in [5, 5.41) is 0.875. The van der Waals surface area contributed by atoms with Gasteiger partial charge in [0.1, 0.15) is 0 Å².